The van der Waals surface area contributed by atoms with Crippen molar-refractivity contribution in [3.05, 3.63) is 39.3 Å². The van der Waals surface area contributed by atoms with Gasteiger partial charge < -0.3 is 0 Å². The van der Waals surface area contributed by atoms with Crippen molar-refractivity contribution in [3.63, 3.8) is 0 Å². The van der Waals surface area contributed by atoms with E-state index in [4.69, 9.17) is 0 Å². The first-order chi connectivity index (χ1) is 7.20. The molecule has 4 heteroatoms. The zero-order valence-electron chi connectivity index (χ0n) is 8.20. The van der Waals surface area contributed by atoms with Crippen LogP contribution >= 0.6 is 39.9 Å². The lowest BCUT2D eigenvalue weighted by Crippen LogP contribution is -1.77. The van der Waals surface area contributed by atoms with Crippen molar-refractivity contribution in [1.82, 2.24) is 4.98 Å². The van der Waals surface area contributed by atoms with Crippen LogP contribution < -0.4 is 0 Å². The summed E-state index contributed by atoms with van der Waals surface area (Å²) in [5, 5.41) is 1.07. The summed E-state index contributed by atoms with van der Waals surface area (Å²) in [7, 11) is 0. The lowest BCUT2D eigenvalue weighted by atomic mass is 10.2. The minimum Gasteiger partial charge on any atom is -0.241 e. The fraction of sp³-hybridized carbons (Fsp3) is 0.182. The molecule has 15 heavy (non-hydrogen) atoms. The summed E-state index contributed by atoms with van der Waals surface area (Å²) in [4.78, 5) is 5.78. The molecule has 0 aliphatic heterocycles. The summed E-state index contributed by atoms with van der Waals surface area (Å²) < 4.78 is 1.09. The summed E-state index contributed by atoms with van der Waals surface area (Å²) in [6, 6.07) is 8.22. The molecule has 1 nitrogen and oxygen atoms in total. The third kappa shape index (κ3) is 2.44. The van der Waals surface area contributed by atoms with E-state index in [0.717, 1.165) is 20.9 Å². The Kier molecular flexibility index (Phi) is 3.49. The standard InChI is InChI=1S/C11H10BrNS2/c1-7-10(6-14)15-11(13-7)8-2-4-9(12)5-3-8/h2-5,14H,6H2,1H3. The third-order valence-electron chi connectivity index (χ3n) is 2.13. The van der Waals surface area contributed by atoms with Crippen LogP contribution in [0.3, 0.4) is 0 Å². The van der Waals surface area contributed by atoms with Crippen LogP contribution in [0.1, 0.15) is 10.6 Å². The summed E-state index contributed by atoms with van der Waals surface area (Å²) >= 11 is 9.42. The number of thiazole rings is 1. The lowest BCUT2D eigenvalue weighted by Gasteiger charge is -1.95. The molecule has 0 unspecified atom stereocenters. The van der Waals surface area contributed by atoms with Crippen LogP contribution in [-0.2, 0) is 5.75 Å². The fourth-order valence-corrected chi connectivity index (χ4v) is 2.91. The van der Waals surface area contributed by atoms with Crippen molar-refractivity contribution >= 4 is 39.9 Å². The highest BCUT2D eigenvalue weighted by Gasteiger charge is 2.07. The molecule has 0 saturated heterocycles. The molecule has 0 fully saturated rings. The van der Waals surface area contributed by atoms with Crippen molar-refractivity contribution in [2.75, 3.05) is 0 Å². The number of hydrogen-bond donors (Lipinski definition) is 1. The van der Waals surface area contributed by atoms with Crippen LogP contribution in [0.5, 0.6) is 0 Å². The van der Waals surface area contributed by atoms with Crippen LogP contribution in [0.25, 0.3) is 10.6 Å². The van der Waals surface area contributed by atoms with Gasteiger partial charge >= 0.3 is 0 Å². The van der Waals surface area contributed by atoms with E-state index in [-0.39, 0.29) is 0 Å². The van der Waals surface area contributed by atoms with Gasteiger partial charge in [-0.3, -0.25) is 0 Å². The molecule has 78 valence electrons. The highest BCUT2D eigenvalue weighted by molar-refractivity contribution is 9.10. The monoisotopic (exact) mass is 299 g/mol. The molecule has 0 bridgehead atoms. The highest BCUT2D eigenvalue weighted by atomic mass is 79.9. The number of thiol groups is 1. The van der Waals surface area contributed by atoms with E-state index in [1.54, 1.807) is 11.3 Å². The molecule has 0 spiro atoms. The molecule has 0 saturated carbocycles. The largest absolute Gasteiger partial charge is 0.241 e. The van der Waals surface area contributed by atoms with Gasteiger partial charge in [0.2, 0.25) is 0 Å². The molecule has 1 aromatic carbocycles. The van der Waals surface area contributed by atoms with Gasteiger partial charge in [-0.25, -0.2) is 4.98 Å². The van der Waals surface area contributed by atoms with Crippen molar-refractivity contribution in [1.29, 1.82) is 0 Å². The minimum absolute atomic E-state index is 0.764. The van der Waals surface area contributed by atoms with E-state index < -0.39 is 0 Å². The molecule has 0 aliphatic rings. The molecular formula is C11H10BrNS2. The molecule has 0 aliphatic carbocycles. The average Bonchev–Trinajstić information content (AvgIpc) is 2.61. The maximum absolute atomic E-state index is 4.54. The fourth-order valence-electron chi connectivity index (χ4n) is 1.29. The van der Waals surface area contributed by atoms with Gasteiger partial charge in [-0.1, -0.05) is 28.1 Å². The van der Waals surface area contributed by atoms with Crippen molar-refractivity contribution in [2.24, 2.45) is 0 Å². The van der Waals surface area contributed by atoms with Gasteiger partial charge in [0.25, 0.3) is 0 Å². The van der Waals surface area contributed by atoms with Crippen LogP contribution in [-0.4, -0.2) is 4.98 Å². The molecule has 0 atom stereocenters. The maximum Gasteiger partial charge on any atom is 0.123 e. The second-order valence-electron chi connectivity index (χ2n) is 3.19. The Labute approximate surface area is 107 Å². The van der Waals surface area contributed by atoms with E-state index in [9.17, 15) is 0 Å². The number of nitrogens with zero attached hydrogens (tertiary/aromatic N) is 1. The number of hydrogen-bond acceptors (Lipinski definition) is 3. The van der Waals surface area contributed by atoms with Crippen molar-refractivity contribution in [2.45, 2.75) is 12.7 Å². The number of aryl methyl sites for hydroxylation is 1. The second-order valence-corrected chi connectivity index (χ2v) is 5.51. The van der Waals surface area contributed by atoms with E-state index >= 15 is 0 Å². The molecule has 1 heterocycles. The van der Waals surface area contributed by atoms with Crippen LogP contribution in [0.4, 0.5) is 0 Å². The molecular weight excluding hydrogens is 290 g/mol. The topological polar surface area (TPSA) is 12.9 Å². The van der Waals surface area contributed by atoms with Gasteiger partial charge in [0.05, 0.1) is 5.69 Å². The van der Waals surface area contributed by atoms with Gasteiger partial charge in [0.15, 0.2) is 0 Å². The smallest absolute Gasteiger partial charge is 0.123 e. The lowest BCUT2D eigenvalue weighted by molar-refractivity contribution is 1.22. The molecule has 0 radical (unpaired) electrons. The summed E-state index contributed by atoms with van der Waals surface area (Å²) in [5.74, 6) is 0.764. The SMILES string of the molecule is Cc1nc(-c2ccc(Br)cc2)sc1CS. The van der Waals surface area contributed by atoms with Gasteiger partial charge in [0, 0.05) is 20.7 Å². The van der Waals surface area contributed by atoms with Gasteiger partial charge in [-0.05, 0) is 19.1 Å². The Morgan fingerprint density at radius 3 is 2.53 bits per heavy atom. The summed E-state index contributed by atoms with van der Waals surface area (Å²) in [6.07, 6.45) is 0. The van der Waals surface area contributed by atoms with E-state index in [1.807, 2.05) is 19.1 Å². The van der Waals surface area contributed by atoms with Crippen molar-refractivity contribution in [3.8, 4) is 10.6 Å². The van der Waals surface area contributed by atoms with Gasteiger partial charge in [-0.2, -0.15) is 12.6 Å². The summed E-state index contributed by atoms with van der Waals surface area (Å²) in [5.41, 5.74) is 2.26. The molecule has 0 amide bonds. The predicted molar refractivity (Wildman–Crippen MR) is 72.7 cm³/mol. The second kappa shape index (κ2) is 4.68. The van der Waals surface area contributed by atoms with E-state index in [1.165, 1.54) is 10.4 Å². The zero-order valence-corrected chi connectivity index (χ0v) is 11.5. The maximum atomic E-state index is 4.54. The third-order valence-corrected chi connectivity index (χ3v) is 4.39. The first-order valence-electron chi connectivity index (χ1n) is 4.54. The Bertz CT molecular complexity index is 462. The van der Waals surface area contributed by atoms with E-state index in [0.29, 0.717) is 0 Å². The number of rotatable bonds is 2. The normalized spacial score (nSPS) is 10.6. The minimum atomic E-state index is 0.764. The molecule has 2 aromatic rings. The van der Waals surface area contributed by atoms with Crippen LogP contribution in [0.2, 0.25) is 0 Å². The quantitative estimate of drug-likeness (QED) is 0.815. The number of benzene rings is 1. The Hall–Kier alpha value is -0.320. The zero-order chi connectivity index (χ0) is 10.8. The molecule has 1 aromatic heterocycles. The number of aromatic nitrogens is 1. The Morgan fingerprint density at radius 1 is 1.33 bits per heavy atom. The van der Waals surface area contributed by atoms with Crippen molar-refractivity contribution < 1.29 is 0 Å². The molecule has 2 rings (SSSR count). The average molecular weight is 300 g/mol. The first kappa shape index (κ1) is 11.2. The van der Waals surface area contributed by atoms with Crippen LogP contribution in [0.15, 0.2) is 28.7 Å². The van der Waals surface area contributed by atoms with E-state index in [2.05, 4.69) is 45.7 Å². The van der Waals surface area contributed by atoms with Gasteiger partial charge in [-0.15, -0.1) is 11.3 Å². The first-order valence-corrected chi connectivity index (χ1v) is 6.78. The number of halogens is 1. The Balaban J connectivity index is 2.41. The highest BCUT2D eigenvalue weighted by Crippen LogP contribution is 2.29. The Morgan fingerprint density at radius 2 is 2.00 bits per heavy atom. The summed E-state index contributed by atoms with van der Waals surface area (Å²) in [6.45, 7) is 2.03. The van der Waals surface area contributed by atoms with Gasteiger partial charge in [0.1, 0.15) is 5.01 Å². The molecule has 0 N–H and O–H groups in total. The predicted octanol–water partition coefficient (Wildman–Crippen LogP) is 4.31. The van der Waals surface area contributed by atoms with Crippen LogP contribution in [0, 0.1) is 6.92 Å².